The lowest BCUT2D eigenvalue weighted by molar-refractivity contribution is 0.673. The van der Waals surface area contributed by atoms with Crippen LogP contribution in [-0.4, -0.2) is 0 Å². The van der Waals surface area contributed by atoms with Crippen LogP contribution in [0.5, 0.6) is 0 Å². The Morgan fingerprint density at radius 2 is 0.943 bits per heavy atom. The number of hydrogen-bond donors (Lipinski definition) is 0. The van der Waals surface area contributed by atoms with Crippen LogP contribution in [0, 0.1) is 0 Å². The highest BCUT2D eigenvalue weighted by Gasteiger charge is 2.46. The van der Waals surface area contributed by atoms with Gasteiger partial charge in [0.25, 0.3) is 0 Å². The molecule has 0 aliphatic heterocycles. The number of furan rings is 1. The Bertz CT molecular complexity index is 2970. The van der Waals surface area contributed by atoms with E-state index in [1.165, 1.54) is 49.5 Å². The van der Waals surface area contributed by atoms with Gasteiger partial charge >= 0.3 is 0 Å². The fourth-order valence-corrected chi connectivity index (χ4v) is 9.00. The molecular weight excluding hydrogens is 643 g/mol. The smallest absolute Gasteiger partial charge is 0.159 e. The normalized spacial score (nSPS) is 13.1. The first kappa shape index (κ1) is 29.8. The summed E-state index contributed by atoms with van der Waals surface area (Å²) in [7, 11) is 0. The zero-order chi connectivity index (χ0) is 34.9. The molecular formula is C51H33NO. The maximum Gasteiger partial charge on any atom is 0.159 e. The van der Waals surface area contributed by atoms with E-state index in [1.54, 1.807) is 0 Å². The van der Waals surface area contributed by atoms with Crippen molar-refractivity contribution in [3.63, 3.8) is 0 Å². The molecule has 0 radical (unpaired) electrons. The number of anilines is 3. The predicted octanol–water partition coefficient (Wildman–Crippen LogP) is 13.7. The average molecular weight is 676 g/mol. The zero-order valence-corrected chi connectivity index (χ0v) is 28.9. The monoisotopic (exact) mass is 675 g/mol. The van der Waals surface area contributed by atoms with Crippen molar-refractivity contribution < 1.29 is 4.42 Å². The van der Waals surface area contributed by atoms with Crippen molar-refractivity contribution in [2.75, 3.05) is 4.90 Å². The first-order valence-electron chi connectivity index (χ1n) is 18.3. The highest BCUT2D eigenvalue weighted by atomic mass is 16.3. The van der Waals surface area contributed by atoms with E-state index in [9.17, 15) is 0 Å². The van der Waals surface area contributed by atoms with Crippen LogP contribution in [0.25, 0.3) is 54.6 Å². The fraction of sp³-hybridized carbons (Fsp3) is 0.0196. The lowest BCUT2D eigenvalue weighted by Gasteiger charge is -2.35. The Hall–Kier alpha value is -6.90. The van der Waals surface area contributed by atoms with Crippen LogP contribution >= 0.6 is 0 Å². The summed E-state index contributed by atoms with van der Waals surface area (Å²) in [6, 6.07) is 72.8. The van der Waals surface area contributed by atoms with Gasteiger partial charge in [0.2, 0.25) is 0 Å². The molecule has 10 aromatic rings. The lowest BCUT2D eigenvalue weighted by atomic mass is 9.67. The van der Waals surface area contributed by atoms with Gasteiger partial charge in [-0.15, -0.1) is 0 Å². The summed E-state index contributed by atoms with van der Waals surface area (Å²) in [6.45, 7) is 0. The second kappa shape index (κ2) is 11.6. The molecule has 1 aromatic heterocycles. The highest BCUT2D eigenvalue weighted by Crippen LogP contribution is 2.57. The van der Waals surface area contributed by atoms with Crippen LogP contribution in [0.4, 0.5) is 17.1 Å². The van der Waals surface area contributed by atoms with Gasteiger partial charge in [0, 0.05) is 27.5 Å². The SMILES string of the molecule is c1ccc(C2(c3ccccc3)c3ccccc3-c3ccc(N(c4ccc5ccccc5c4)c4cccc5c4oc4c6ccccc6ccc54)cc32)cc1. The summed E-state index contributed by atoms with van der Waals surface area (Å²) in [5.41, 5.74) is 12.0. The summed E-state index contributed by atoms with van der Waals surface area (Å²) in [5.74, 6) is 0. The number of benzene rings is 9. The first-order valence-corrected chi connectivity index (χ1v) is 18.3. The molecule has 0 N–H and O–H groups in total. The minimum atomic E-state index is -0.510. The summed E-state index contributed by atoms with van der Waals surface area (Å²) >= 11 is 0. The average Bonchev–Trinajstić information content (AvgIpc) is 3.76. The highest BCUT2D eigenvalue weighted by molar-refractivity contribution is 6.17. The van der Waals surface area contributed by atoms with Crippen molar-refractivity contribution in [1.82, 2.24) is 0 Å². The molecule has 1 aliphatic carbocycles. The van der Waals surface area contributed by atoms with Crippen LogP contribution in [0.1, 0.15) is 22.3 Å². The number of rotatable bonds is 5. The lowest BCUT2D eigenvalue weighted by Crippen LogP contribution is -2.28. The Morgan fingerprint density at radius 1 is 0.358 bits per heavy atom. The topological polar surface area (TPSA) is 16.4 Å². The predicted molar refractivity (Wildman–Crippen MR) is 221 cm³/mol. The molecule has 0 fully saturated rings. The molecule has 0 unspecified atom stereocenters. The molecule has 1 heterocycles. The van der Waals surface area contributed by atoms with Gasteiger partial charge in [-0.3, -0.25) is 0 Å². The second-order valence-corrected chi connectivity index (χ2v) is 14.0. The third-order valence-electron chi connectivity index (χ3n) is 11.3. The Labute approximate surface area is 307 Å². The van der Waals surface area contributed by atoms with Crippen molar-refractivity contribution in [2.45, 2.75) is 5.41 Å². The minimum absolute atomic E-state index is 0.510. The van der Waals surface area contributed by atoms with E-state index >= 15 is 0 Å². The van der Waals surface area contributed by atoms with Gasteiger partial charge in [-0.25, -0.2) is 0 Å². The quantitative estimate of drug-likeness (QED) is 0.181. The Kier molecular flexibility index (Phi) is 6.50. The van der Waals surface area contributed by atoms with Crippen molar-refractivity contribution in [1.29, 1.82) is 0 Å². The molecule has 248 valence electrons. The van der Waals surface area contributed by atoms with Crippen LogP contribution in [-0.2, 0) is 5.41 Å². The minimum Gasteiger partial charge on any atom is -0.453 e. The van der Waals surface area contributed by atoms with Crippen molar-refractivity contribution in [3.05, 3.63) is 222 Å². The standard InChI is InChI=1S/C51H33NO/c1-3-17-37(18-4-1)51(38-19-5-2-6-20-38)46-24-12-11-22-42(46)43-31-29-40(33-47(43)51)52(39-28-26-34-14-7-8-16-36(34)32-39)48-25-13-23-44-45-30-27-35-15-9-10-21-41(35)49(45)53-50(44)48/h1-33H. The van der Waals surface area contributed by atoms with E-state index in [1.807, 2.05) is 0 Å². The van der Waals surface area contributed by atoms with Gasteiger partial charge in [-0.1, -0.05) is 164 Å². The number of hydrogen-bond acceptors (Lipinski definition) is 2. The third kappa shape index (κ3) is 4.33. The van der Waals surface area contributed by atoms with Gasteiger partial charge < -0.3 is 9.32 Å². The second-order valence-electron chi connectivity index (χ2n) is 14.0. The zero-order valence-electron chi connectivity index (χ0n) is 28.9. The Morgan fingerprint density at radius 3 is 1.75 bits per heavy atom. The number of nitrogens with zero attached hydrogens (tertiary/aromatic N) is 1. The molecule has 0 saturated carbocycles. The van der Waals surface area contributed by atoms with Crippen molar-refractivity contribution in [3.8, 4) is 11.1 Å². The van der Waals surface area contributed by atoms with Gasteiger partial charge in [0.15, 0.2) is 5.58 Å². The van der Waals surface area contributed by atoms with E-state index in [2.05, 4.69) is 205 Å². The van der Waals surface area contributed by atoms with Crippen LogP contribution in [0.3, 0.4) is 0 Å². The van der Waals surface area contributed by atoms with E-state index in [0.717, 1.165) is 44.4 Å². The van der Waals surface area contributed by atoms with Gasteiger partial charge in [0.1, 0.15) is 5.58 Å². The summed E-state index contributed by atoms with van der Waals surface area (Å²) in [5, 5.41) is 6.91. The maximum absolute atomic E-state index is 6.99. The van der Waals surface area contributed by atoms with Gasteiger partial charge in [-0.05, 0) is 85.9 Å². The van der Waals surface area contributed by atoms with E-state index in [4.69, 9.17) is 4.42 Å². The van der Waals surface area contributed by atoms with E-state index in [-0.39, 0.29) is 0 Å². The summed E-state index contributed by atoms with van der Waals surface area (Å²) < 4.78 is 6.99. The molecule has 0 bridgehead atoms. The van der Waals surface area contributed by atoms with Crippen LogP contribution < -0.4 is 4.90 Å². The molecule has 53 heavy (non-hydrogen) atoms. The van der Waals surface area contributed by atoms with Crippen molar-refractivity contribution in [2.24, 2.45) is 0 Å². The summed E-state index contributed by atoms with van der Waals surface area (Å²) in [4.78, 5) is 2.39. The molecule has 0 spiro atoms. The molecule has 9 aromatic carbocycles. The molecule has 0 saturated heterocycles. The number of para-hydroxylation sites is 1. The largest absolute Gasteiger partial charge is 0.453 e. The number of fused-ring (bicyclic) bond motifs is 9. The first-order chi connectivity index (χ1) is 26.3. The summed E-state index contributed by atoms with van der Waals surface area (Å²) in [6.07, 6.45) is 0. The Balaban J connectivity index is 1.22. The third-order valence-corrected chi connectivity index (χ3v) is 11.3. The van der Waals surface area contributed by atoms with Gasteiger partial charge in [-0.2, -0.15) is 0 Å². The molecule has 0 amide bonds. The van der Waals surface area contributed by atoms with Crippen molar-refractivity contribution >= 4 is 60.5 Å². The molecule has 2 nitrogen and oxygen atoms in total. The molecule has 11 rings (SSSR count). The van der Waals surface area contributed by atoms with E-state index in [0.29, 0.717) is 0 Å². The van der Waals surface area contributed by atoms with Crippen LogP contribution in [0.2, 0.25) is 0 Å². The van der Waals surface area contributed by atoms with E-state index < -0.39 is 5.41 Å². The van der Waals surface area contributed by atoms with Gasteiger partial charge in [0.05, 0.1) is 11.1 Å². The van der Waals surface area contributed by atoms with Crippen LogP contribution in [0.15, 0.2) is 205 Å². The molecule has 1 aliphatic rings. The molecule has 0 atom stereocenters. The molecule has 2 heteroatoms. The maximum atomic E-state index is 6.99. The fourth-order valence-electron chi connectivity index (χ4n) is 9.00.